The number of benzene rings is 2. The Bertz CT molecular complexity index is 1040. The molecule has 1 amide bonds. The van der Waals surface area contributed by atoms with Crippen molar-refractivity contribution in [3.05, 3.63) is 59.0 Å². The van der Waals surface area contributed by atoms with Gasteiger partial charge in [-0.2, -0.15) is 4.99 Å². The zero-order valence-corrected chi connectivity index (χ0v) is 21.6. The van der Waals surface area contributed by atoms with Gasteiger partial charge in [0, 0.05) is 26.2 Å². The largest absolute Gasteiger partial charge is 0.508 e. The van der Waals surface area contributed by atoms with E-state index < -0.39 is 6.10 Å². The molecule has 2 heterocycles. The van der Waals surface area contributed by atoms with Crippen molar-refractivity contribution in [2.45, 2.75) is 25.4 Å². The maximum absolute atomic E-state index is 12.3. The van der Waals surface area contributed by atoms with Crippen molar-refractivity contribution >= 4 is 41.3 Å². The van der Waals surface area contributed by atoms with Crippen molar-refractivity contribution in [1.29, 1.82) is 0 Å². The lowest BCUT2D eigenvalue weighted by Gasteiger charge is -2.27. The van der Waals surface area contributed by atoms with Crippen LogP contribution in [0.2, 0.25) is 0 Å². The molecule has 3 N–H and O–H groups in total. The number of aromatic hydroxyl groups is 1. The van der Waals surface area contributed by atoms with Gasteiger partial charge in [0.1, 0.15) is 36.6 Å². The molecule has 8 nitrogen and oxygen atoms in total. The van der Waals surface area contributed by atoms with Gasteiger partial charge in [0.2, 0.25) is 0 Å². The van der Waals surface area contributed by atoms with E-state index in [0.29, 0.717) is 30.4 Å². The number of carbonyl (C=O) groups excluding carboxylic acids is 1. The van der Waals surface area contributed by atoms with Crippen LogP contribution in [0.1, 0.15) is 24.8 Å². The SMILES string of the molecule is Cl.O=C1N=C(N2CCCCC2)SC1=Cc1ccc(OCCNC[C@H](O)COc2ccc(O)cc2)cc1. The molecule has 2 aliphatic heterocycles. The molecule has 2 aliphatic rings. The third kappa shape index (κ3) is 8.44. The van der Waals surface area contributed by atoms with Gasteiger partial charge in [-0.05, 0) is 79.1 Å². The number of nitrogens with one attached hydrogen (secondary N) is 1. The van der Waals surface area contributed by atoms with Crippen LogP contribution >= 0.6 is 24.2 Å². The lowest BCUT2D eigenvalue weighted by molar-refractivity contribution is -0.113. The minimum absolute atomic E-state index is 0. The molecule has 2 aromatic carbocycles. The van der Waals surface area contributed by atoms with Gasteiger partial charge in [0.25, 0.3) is 5.91 Å². The summed E-state index contributed by atoms with van der Waals surface area (Å²) in [6.45, 7) is 3.50. The molecule has 0 unspecified atom stereocenters. The number of phenolic OH excluding ortho intramolecular Hbond substituents is 1. The molecule has 194 valence electrons. The van der Waals surface area contributed by atoms with Gasteiger partial charge in [-0.1, -0.05) is 12.1 Å². The van der Waals surface area contributed by atoms with E-state index in [9.17, 15) is 15.0 Å². The molecule has 0 aromatic heterocycles. The Hall–Kier alpha value is -2.72. The summed E-state index contributed by atoms with van der Waals surface area (Å²) in [5.41, 5.74) is 0.929. The molecule has 0 bridgehead atoms. The van der Waals surface area contributed by atoms with Gasteiger partial charge in [-0.3, -0.25) is 4.79 Å². The number of piperidine rings is 1. The van der Waals surface area contributed by atoms with Crippen molar-refractivity contribution < 1.29 is 24.5 Å². The number of hydrogen-bond acceptors (Lipinski definition) is 8. The van der Waals surface area contributed by atoms with E-state index in [2.05, 4.69) is 15.2 Å². The van der Waals surface area contributed by atoms with Crippen LogP contribution in [-0.4, -0.2) is 71.7 Å². The maximum atomic E-state index is 12.3. The third-order valence-electron chi connectivity index (χ3n) is 5.62. The van der Waals surface area contributed by atoms with Crippen LogP contribution < -0.4 is 14.8 Å². The zero-order valence-electron chi connectivity index (χ0n) is 20.0. The highest BCUT2D eigenvalue weighted by Crippen LogP contribution is 2.31. The number of nitrogens with zero attached hydrogens (tertiary/aromatic N) is 2. The minimum Gasteiger partial charge on any atom is -0.508 e. The smallest absolute Gasteiger partial charge is 0.286 e. The number of carbonyl (C=O) groups is 1. The summed E-state index contributed by atoms with van der Waals surface area (Å²) in [5.74, 6) is 1.33. The fourth-order valence-electron chi connectivity index (χ4n) is 3.73. The summed E-state index contributed by atoms with van der Waals surface area (Å²) in [7, 11) is 0. The number of aliphatic hydroxyl groups excluding tert-OH is 1. The van der Waals surface area contributed by atoms with Crippen LogP contribution in [0.15, 0.2) is 58.4 Å². The van der Waals surface area contributed by atoms with E-state index in [1.54, 1.807) is 12.1 Å². The second kappa shape index (κ2) is 14.1. The monoisotopic (exact) mass is 533 g/mol. The average molecular weight is 534 g/mol. The molecule has 36 heavy (non-hydrogen) atoms. The molecule has 1 fully saturated rings. The highest BCUT2D eigenvalue weighted by molar-refractivity contribution is 8.18. The van der Waals surface area contributed by atoms with Crippen LogP contribution in [0.25, 0.3) is 6.08 Å². The quantitative estimate of drug-likeness (QED) is 0.314. The predicted molar refractivity (Wildman–Crippen MR) is 145 cm³/mol. The molecule has 1 atom stereocenters. The van der Waals surface area contributed by atoms with Crippen molar-refractivity contribution in [2.75, 3.05) is 39.4 Å². The fraction of sp³-hybridized carbons (Fsp3) is 0.385. The molecular formula is C26H32ClN3O5S. The molecule has 0 aliphatic carbocycles. The number of aliphatic hydroxyl groups is 1. The van der Waals surface area contributed by atoms with Crippen molar-refractivity contribution in [1.82, 2.24) is 10.2 Å². The normalized spacial score (nSPS) is 17.5. The molecule has 4 rings (SSSR count). The number of hydrogen-bond donors (Lipinski definition) is 3. The molecule has 0 saturated carbocycles. The number of phenols is 1. The van der Waals surface area contributed by atoms with E-state index in [4.69, 9.17) is 9.47 Å². The zero-order chi connectivity index (χ0) is 24.5. The van der Waals surface area contributed by atoms with Gasteiger partial charge in [-0.15, -0.1) is 12.4 Å². The fourth-order valence-corrected chi connectivity index (χ4v) is 4.70. The first-order valence-electron chi connectivity index (χ1n) is 11.9. The van der Waals surface area contributed by atoms with E-state index in [0.717, 1.165) is 42.4 Å². The highest BCUT2D eigenvalue weighted by Gasteiger charge is 2.26. The number of amides is 1. The summed E-state index contributed by atoms with van der Waals surface area (Å²) in [4.78, 5) is 19.4. The predicted octanol–water partition coefficient (Wildman–Crippen LogP) is 3.68. The molecule has 0 radical (unpaired) electrons. The summed E-state index contributed by atoms with van der Waals surface area (Å²) >= 11 is 1.46. The molecule has 0 spiro atoms. The Kier molecular flexibility index (Phi) is 10.9. The topological polar surface area (TPSA) is 104 Å². The molecule has 1 saturated heterocycles. The van der Waals surface area contributed by atoms with Gasteiger partial charge in [-0.25, -0.2) is 0 Å². The Labute approximate surface area is 221 Å². The number of rotatable bonds is 10. The Balaban J connectivity index is 0.00000361. The van der Waals surface area contributed by atoms with Crippen molar-refractivity contribution in [2.24, 2.45) is 4.99 Å². The Morgan fingerprint density at radius 3 is 2.42 bits per heavy atom. The number of thioether (sulfide) groups is 1. The second-order valence-electron chi connectivity index (χ2n) is 8.44. The van der Waals surface area contributed by atoms with Crippen LogP contribution in [0.3, 0.4) is 0 Å². The number of aliphatic imine (C=N–C) groups is 1. The van der Waals surface area contributed by atoms with E-state index in [1.807, 2.05) is 30.3 Å². The van der Waals surface area contributed by atoms with Gasteiger partial charge < -0.3 is 29.9 Å². The minimum atomic E-state index is -0.660. The number of ether oxygens (including phenoxy) is 2. The Morgan fingerprint density at radius 2 is 1.69 bits per heavy atom. The lowest BCUT2D eigenvalue weighted by atomic mass is 10.1. The van der Waals surface area contributed by atoms with Gasteiger partial charge in [0.15, 0.2) is 5.17 Å². The first-order chi connectivity index (χ1) is 17.1. The Morgan fingerprint density at radius 1 is 1.03 bits per heavy atom. The average Bonchev–Trinajstić information content (AvgIpc) is 3.25. The van der Waals surface area contributed by atoms with E-state index >= 15 is 0 Å². The van der Waals surface area contributed by atoms with E-state index in [1.165, 1.54) is 30.3 Å². The van der Waals surface area contributed by atoms with Crippen LogP contribution in [0, 0.1) is 0 Å². The summed E-state index contributed by atoms with van der Waals surface area (Å²) < 4.78 is 11.2. The second-order valence-corrected chi connectivity index (χ2v) is 9.45. The first kappa shape index (κ1) is 27.9. The third-order valence-corrected chi connectivity index (χ3v) is 6.66. The highest BCUT2D eigenvalue weighted by atomic mass is 35.5. The van der Waals surface area contributed by atoms with Crippen LogP contribution in [0.5, 0.6) is 17.2 Å². The van der Waals surface area contributed by atoms with E-state index in [-0.39, 0.29) is 30.7 Å². The molecular weight excluding hydrogens is 502 g/mol. The summed E-state index contributed by atoms with van der Waals surface area (Å²) in [5, 5.41) is 23.2. The molecule has 2 aromatic rings. The summed E-state index contributed by atoms with van der Waals surface area (Å²) in [6, 6.07) is 14.0. The number of amidine groups is 1. The van der Waals surface area contributed by atoms with Crippen molar-refractivity contribution in [3.8, 4) is 17.2 Å². The van der Waals surface area contributed by atoms with Gasteiger partial charge in [0.05, 0.1) is 4.91 Å². The van der Waals surface area contributed by atoms with Crippen LogP contribution in [-0.2, 0) is 4.79 Å². The molecule has 10 heteroatoms. The van der Waals surface area contributed by atoms with Gasteiger partial charge >= 0.3 is 0 Å². The number of halogens is 1. The first-order valence-corrected chi connectivity index (χ1v) is 12.7. The standard InChI is InChI=1S/C26H31N3O5S.ClH/c30-20-6-10-23(11-7-20)34-18-21(31)17-27-12-15-33-22-8-4-19(5-9-22)16-24-25(32)28-26(35-24)29-13-2-1-3-14-29;/h4-11,16,21,27,30-31H,1-3,12-15,17-18H2;1H/t21-;/m0./s1. The lowest BCUT2D eigenvalue weighted by Crippen LogP contribution is -2.33. The summed E-state index contributed by atoms with van der Waals surface area (Å²) in [6.07, 6.45) is 4.76. The maximum Gasteiger partial charge on any atom is 0.286 e. The number of likely N-dealkylation sites (tertiary alicyclic amines) is 1. The van der Waals surface area contributed by atoms with Crippen LogP contribution in [0.4, 0.5) is 0 Å². The van der Waals surface area contributed by atoms with Crippen molar-refractivity contribution in [3.63, 3.8) is 0 Å².